The van der Waals surface area contributed by atoms with Crippen molar-refractivity contribution in [3.63, 3.8) is 0 Å². The molecule has 1 heterocycles. The summed E-state index contributed by atoms with van der Waals surface area (Å²) in [4.78, 5) is 7.01. The lowest BCUT2D eigenvalue weighted by molar-refractivity contribution is 0.601. The summed E-state index contributed by atoms with van der Waals surface area (Å²) < 4.78 is 26.7. The standard InChI is InChI=1S/C11H5Cl3N4O2S/c12-7-2-1-6(5-15)8(3-7)21(19,20)18-10-4-9(13)16-11(14)17-10/h1-4H,(H,16,17,18). The Bertz CT molecular complexity index is 829. The molecule has 2 rings (SSSR count). The van der Waals surface area contributed by atoms with Crippen LogP contribution >= 0.6 is 34.8 Å². The first-order valence-electron chi connectivity index (χ1n) is 5.24. The highest BCUT2D eigenvalue weighted by atomic mass is 35.5. The van der Waals surface area contributed by atoms with E-state index in [1.54, 1.807) is 6.07 Å². The number of hydrogen-bond acceptors (Lipinski definition) is 5. The summed E-state index contributed by atoms with van der Waals surface area (Å²) in [7, 11) is -4.08. The van der Waals surface area contributed by atoms with Crippen LogP contribution in [-0.4, -0.2) is 18.4 Å². The fourth-order valence-electron chi connectivity index (χ4n) is 1.45. The van der Waals surface area contributed by atoms with Crippen molar-refractivity contribution in [3.8, 4) is 6.07 Å². The third kappa shape index (κ3) is 3.74. The van der Waals surface area contributed by atoms with E-state index in [1.165, 1.54) is 18.2 Å². The van der Waals surface area contributed by atoms with Crippen molar-refractivity contribution in [1.82, 2.24) is 9.97 Å². The lowest BCUT2D eigenvalue weighted by Gasteiger charge is -2.09. The zero-order valence-electron chi connectivity index (χ0n) is 10.0. The number of rotatable bonds is 3. The van der Waals surface area contributed by atoms with Crippen molar-refractivity contribution >= 4 is 50.6 Å². The Balaban J connectivity index is 2.48. The molecular weight excluding hydrogens is 359 g/mol. The Morgan fingerprint density at radius 2 is 1.86 bits per heavy atom. The molecule has 0 aliphatic rings. The van der Waals surface area contributed by atoms with E-state index in [9.17, 15) is 8.42 Å². The SMILES string of the molecule is N#Cc1ccc(Cl)cc1S(=O)(=O)Nc1cc(Cl)nc(Cl)n1. The molecule has 6 nitrogen and oxygen atoms in total. The highest BCUT2D eigenvalue weighted by Gasteiger charge is 2.20. The quantitative estimate of drug-likeness (QED) is 0.667. The first-order chi connectivity index (χ1) is 9.81. The van der Waals surface area contributed by atoms with Gasteiger partial charge in [-0.15, -0.1) is 0 Å². The molecule has 1 aromatic heterocycles. The fraction of sp³-hybridized carbons (Fsp3) is 0. The maximum absolute atomic E-state index is 12.3. The summed E-state index contributed by atoms with van der Waals surface area (Å²) in [5, 5.41) is 8.90. The Kier molecular flexibility index (Phi) is 4.54. The molecule has 108 valence electrons. The predicted octanol–water partition coefficient (Wildman–Crippen LogP) is 3.11. The number of hydrogen-bond donors (Lipinski definition) is 1. The normalized spacial score (nSPS) is 11.0. The van der Waals surface area contributed by atoms with Crippen molar-refractivity contribution < 1.29 is 8.42 Å². The number of nitriles is 1. The van der Waals surface area contributed by atoms with Crippen LogP contribution in [0.15, 0.2) is 29.2 Å². The molecular formula is C11H5Cl3N4O2S. The summed E-state index contributed by atoms with van der Waals surface area (Å²) in [5.41, 5.74) is -0.0573. The predicted molar refractivity (Wildman–Crippen MR) is 79.0 cm³/mol. The smallest absolute Gasteiger partial charge is 0.263 e. The molecule has 0 amide bonds. The summed E-state index contributed by atoms with van der Waals surface area (Å²) in [6.45, 7) is 0. The first kappa shape index (κ1) is 15.8. The Labute approximate surface area is 135 Å². The number of halogens is 3. The van der Waals surface area contributed by atoms with Gasteiger partial charge in [0.25, 0.3) is 10.0 Å². The van der Waals surface area contributed by atoms with Gasteiger partial charge in [0.15, 0.2) is 0 Å². The van der Waals surface area contributed by atoms with Gasteiger partial charge in [0.2, 0.25) is 5.28 Å². The molecule has 0 aliphatic heterocycles. The van der Waals surface area contributed by atoms with E-state index in [2.05, 4.69) is 14.7 Å². The second kappa shape index (κ2) is 6.03. The van der Waals surface area contributed by atoms with E-state index in [1.807, 2.05) is 0 Å². The topological polar surface area (TPSA) is 95.7 Å². The zero-order chi connectivity index (χ0) is 15.6. The van der Waals surface area contributed by atoms with Gasteiger partial charge in [-0.1, -0.05) is 23.2 Å². The van der Waals surface area contributed by atoms with Gasteiger partial charge in [0.1, 0.15) is 21.9 Å². The molecule has 0 saturated heterocycles. The van der Waals surface area contributed by atoms with Gasteiger partial charge in [-0.2, -0.15) is 10.2 Å². The van der Waals surface area contributed by atoms with Gasteiger partial charge in [-0.05, 0) is 29.8 Å². The van der Waals surface area contributed by atoms with E-state index in [-0.39, 0.29) is 31.7 Å². The zero-order valence-corrected chi connectivity index (χ0v) is 13.1. The van der Waals surface area contributed by atoms with Crippen molar-refractivity contribution in [2.24, 2.45) is 0 Å². The first-order valence-corrected chi connectivity index (χ1v) is 7.86. The van der Waals surface area contributed by atoms with Crippen molar-refractivity contribution in [1.29, 1.82) is 5.26 Å². The molecule has 0 aliphatic carbocycles. The summed E-state index contributed by atoms with van der Waals surface area (Å²) in [6, 6.07) is 6.83. The van der Waals surface area contributed by atoms with Crippen LogP contribution in [0.1, 0.15) is 5.56 Å². The molecule has 0 radical (unpaired) electrons. The van der Waals surface area contributed by atoms with Crippen LogP contribution in [0.5, 0.6) is 0 Å². The molecule has 1 N–H and O–H groups in total. The van der Waals surface area contributed by atoms with Crippen LogP contribution in [0.25, 0.3) is 0 Å². The van der Waals surface area contributed by atoms with E-state index < -0.39 is 10.0 Å². The second-order valence-corrected chi connectivity index (χ2v) is 6.52. The van der Waals surface area contributed by atoms with E-state index in [0.717, 1.165) is 6.07 Å². The molecule has 0 bridgehead atoms. The third-order valence-corrected chi connectivity index (χ3v) is 4.25. The molecule has 21 heavy (non-hydrogen) atoms. The highest BCUT2D eigenvalue weighted by Crippen LogP contribution is 2.23. The number of anilines is 1. The van der Waals surface area contributed by atoms with E-state index >= 15 is 0 Å². The lowest BCUT2D eigenvalue weighted by Crippen LogP contribution is -2.15. The lowest BCUT2D eigenvalue weighted by atomic mass is 10.2. The van der Waals surface area contributed by atoms with Gasteiger partial charge >= 0.3 is 0 Å². The molecule has 0 atom stereocenters. The highest BCUT2D eigenvalue weighted by molar-refractivity contribution is 7.92. The van der Waals surface area contributed by atoms with Gasteiger partial charge in [-0.25, -0.2) is 13.4 Å². The molecule has 0 spiro atoms. The number of nitrogens with one attached hydrogen (secondary N) is 1. The van der Waals surface area contributed by atoms with Crippen molar-refractivity contribution in [2.75, 3.05) is 4.72 Å². The third-order valence-electron chi connectivity index (χ3n) is 2.26. The summed E-state index contributed by atoms with van der Waals surface area (Å²) in [5.74, 6) is -0.121. The second-order valence-electron chi connectivity index (χ2n) is 3.70. The Morgan fingerprint density at radius 3 is 2.48 bits per heavy atom. The number of aromatic nitrogens is 2. The largest absolute Gasteiger partial charge is 0.264 e. The van der Waals surface area contributed by atoms with Gasteiger partial charge < -0.3 is 0 Å². The Morgan fingerprint density at radius 1 is 1.14 bits per heavy atom. The molecule has 1 aromatic carbocycles. The molecule has 0 fully saturated rings. The van der Waals surface area contributed by atoms with Crippen LogP contribution in [0.4, 0.5) is 5.82 Å². The van der Waals surface area contributed by atoms with Gasteiger partial charge in [0.05, 0.1) is 5.56 Å². The maximum Gasteiger partial charge on any atom is 0.264 e. The molecule has 10 heteroatoms. The average molecular weight is 364 g/mol. The molecule has 0 saturated carbocycles. The molecule has 0 unspecified atom stereocenters. The minimum absolute atomic E-state index is 0.0284. The van der Waals surface area contributed by atoms with Crippen LogP contribution in [-0.2, 0) is 10.0 Å². The summed E-state index contributed by atoms with van der Waals surface area (Å²) >= 11 is 17.0. The average Bonchev–Trinajstić information content (AvgIpc) is 2.36. The summed E-state index contributed by atoms with van der Waals surface area (Å²) in [6.07, 6.45) is 0. The van der Waals surface area contributed by atoms with Crippen LogP contribution in [0.3, 0.4) is 0 Å². The minimum atomic E-state index is -4.08. The van der Waals surface area contributed by atoms with E-state index in [0.29, 0.717) is 0 Å². The fourth-order valence-corrected chi connectivity index (χ4v) is 3.27. The monoisotopic (exact) mass is 362 g/mol. The van der Waals surface area contributed by atoms with Gasteiger partial charge in [0, 0.05) is 11.1 Å². The Hall–Kier alpha value is -1.59. The van der Waals surface area contributed by atoms with Crippen LogP contribution in [0.2, 0.25) is 15.5 Å². The van der Waals surface area contributed by atoms with Crippen molar-refractivity contribution in [3.05, 3.63) is 45.3 Å². The number of benzene rings is 1. The maximum atomic E-state index is 12.3. The van der Waals surface area contributed by atoms with Crippen LogP contribution < -0.4 is 4.72 Å². The minimum Gasteiger partial charge on any atom is -0.263 e. The van der Waals surface area contributed by atoms with Gasteiger partial charge in [-0.3, -0.25) is 4.72 Å². The van der Waals surface area contributed by atoms with Crippen LogP contribution in [0, 0.1) is 11.3 Å². The number of nitrogens with zero attached hydrogens (tertiary/aromatic N) is 3. The van der Waals surface area contributed by atoms with Crippen molar-refractivity contribution in [2.45, 2.75) is 4.90 Å². The number of sulfonamides is 1. The molecule has 2 aromatic rings. The van der Waals surface area contributed by atoms with E-state index in [4.69, 9.17) is 40.1 Å².